The molecule has 0 aromatic carbocycles. The maximum Gasteiger partial charge on any atom is 0.410 e. The highest BCUT2D eigenvalue weighted by molar-refractivity contribution is 5.89. The van der Waals surface area contributed by atoms with Gasteiger partial charge >= 0.3 is 12.1 Å². The van der Waals surface area contributed by atoms with E-state index in [1.54, 1.807) is 23.3 Å². The second kappa shape index (κ2) is 9.65. The number of esters is 1. The Hall–Kier alpha value is -2.73. The van der Waals surface area contributed by atoms with Crippen LogP contribution < -0.4 is 4.90 Å². The molecule has 9 heteroatoms. The van der Waals surface area contributed by atoms with E-state index in [9.17, 15) is 14.7 Å². The quantitative estimate of drug-likeness (QED) is 0.586. The van der Waals surface area contributed by atoms with Gasteiger partial charge < -0.3 is 24.4 Å². The minimum atomic E-state index is -0.548. The predicted molar refractivity (Wildman–Crippen MR) is 108 cm³/mol. The van der Waals surface area contributed by atoms with Crippen LogP contribution in [-0.2, 0) is 22.6 Å². The van der Waals surface area contributed by atoms with Gasteiger partial charge in [-0.05, 0) is 34.6 Å². The van der Waals surface area contributed by atoms with Crippen LogP contribution in [0.1, 0.15) is 50.8 Å². The highest BCUT2D eigenvalue weighted by Gasteiger charge is 2.30. The molecule has 0 unspecified atom stereocenters. The van der Waals surface area contributed by atoms with Crippen molar-refractivity contribution in [3.8, 4) is 11.8 Å². The fourth-order valence-electron chi connectivity index (χ4n) is 2.99. The number of carbonyl (C=O) groups is 2. The number of carbonyl (C=O) groups excluding carboxylic acids is 2. The summed E-state index contributed by atoms with van der Waals surface area (Å²) in [5.74, 6) is 5.75. The third-order valence-corrected chi connectivity index (χ3v) is 4.27. The zero-order valence-electron chi connectivity index (χ0n) is 17.8. The van der Waals surface area contributed by atoms with Crippen molar-refractivity contribution in [1.29, 1.82) is 0 Å². The summed E-state index contributed by atoms with van der Waals surface area (Å²) in [5.41, 5.74) is -0.0824. The summed E-state index contributed by atoms with van der Waals surface area (Å²) < 4.78 is 12.2. The molecule has 29 heavy (non-hydrogen) atoms. The fourth-order valence-corrected chi connectivity index (χ4v) is 2.99. The first-order valence-corrected chi connectivity index (χ1v) is 9.71. The molecule has 1 N–H and O–H groups in total. The maximum atomic E-state index is 12.4. The zero-order valence-corrected chi connectivity index (χ0v) is 17.8. The molecular weight excluding hydrogens is 376 g/mol. The molecule has 1 aromatic rings. The van der Waals surface area contributed by atoms with Crippen LogP contribution in [0.5, 0.6) is 0 Å². The summed E-state index contributed by atoms with van der Waals surface area (Å²) in [6.45, 7) is 11.0. The second-order valence-electron chi connectivity index (χ2n) is 7.55. The fraction of sp³-hybridized carbons (Fsp3) is 0.650. The molecule has 1 fully saturated rings. The van der Waals surface area contributed by atoms with Gasteiger partial charge in [-0.1, -0.05) is 5.92 Å². The van der Waals surface area contributed by atoms with Crippen molar-refractivity contribution in [2.45, 2.75) is 53.4 Å². The molecule has 0 saturated carbocycles. The van der Waals surface area contributed by atoms with Crippen molar-refractivity contribution in [3.63, 3.8) is 0 Å². The van der Waals surface area contributed by atoms with Gasteiger partial charge in [0.1, 0.15) is 11.3 Å². The number of hydrogen-bond acceptors (Lipinski definition) is 7. The van der Waals surface area contributed by atoms with Crippen LogP contribution in [0.2, 0.25) is 0 Å². The van der Waals surface area contributed by atoms with Crippen molar-refractivity contribution in [2.75, 3.05) is 37.7 Å². The first-order chi connectivity index (χ1) is 13.7. The third-order valence-electron chi connectivity index (χ3n) is 4.27. The number of piperazine rings is 1. The molecule has 1 aromatic heterocycles. The van der Waals surface area contributed by atoms with Gasteiger partial charge in [-0.25, -0.2) is 14.6 Å². The number of rotatable bonds is 5. The monoisotopic (exact) mass is 406 g/mol. The van der Waals surface area contributed by atoms with E-state index >= 15 is 0 Å². The number of nitrogens with zero attached hydrogens (tertiary/aromatic N) is 4. The van der Waals surface area contributed by atoms with Crippen molar-refractivity contribution in [3.05, 3.63) is 11.4 Å². The second-order valence-corrected chi connectivity index (χ2v) is 7.55. The van der Waals surface area contributed by atoms with Crippen LogP contribution in [0.3, 0.4) is 0 Å². The summed E-state index contributed by atoms with van der Waals surface area (Å²) in [7, 11) is 0. The summed E-state index contributed by atoms with van der Waals surface area (Å²) in [6, 6.07) is 0. The molecule has 1 aliphatic heterocycles. The van der Waals surface area contributed by atoms with Crippen LogP contribution in [0.25, 0.3) is 0 Å². The van der Waals surface area contributed by atoms with Crippen molar-refractivity contribution < 1.29 is 24.2 Å². The third kappa shape index (κ3) is 5.64. The Labute approximate surface area is 171 Å². The first-order valence-electron chi connectivity index (χ1n) is 9.71. The molecule has 1 saturated heterocycles. The lowest BCUT2D eigenvalue weighted by molar-refractivity contribution is 0.0240. The SMILES string of the molecule is CC#CCn1c(N2CCN(C(=O)OC(C)(C)C)CC2)nc(CO)c1C(=O)OCC. The Morgan fingerprint density at radius 1 is 1.21 bits per heavy atom. The van der Waals surface area contributed by atoms with Gasteiger partial charge in [-0.3, -0.25) is 4.57 Å². The summed E-state index contributed by atoms with van der Waals surface area (Å²) >= 11 is 0. The summed E-state index contributed by atoms with van der Waals surface area (Å²) in [6.07, 6.45) is -0.347. The van der Waals surface area contributed by atoms with E-state index in [0.29, 0.717) is 32.1 Å². The predicted octanol–water partition coefficient (Wildman–Crippen LogP) is 1.63. The van der Waals surface area contributed by atoms with Gasteiger partial charge in [0.2, 0.25) is 5.95 Å². The molecule has 0 atom stereocenters. The minimum Gasteiger partial charge on any atom is -0.461 e. The molecule has 0 radical (unpaired) electrons. The van der Waals surface area contributed by atoms with Gasteiger partial charge in [0.05, 0.1) is 19.8 Å². The lowest BCUT2D eigenvalue weighted by Crippen LogP contribution is -2.50. The number of aromatic nitrogens is 2. The van der Waals surface area contributed by atoms with Gasteiger partial charge in [0, 0.05) is 26.2 Å². The zero-order chi connectivity index (χ0) is 21.6. The average Bonchev–Trinajstić information content (AvgIpc) is 3.04. The van der Waals surface area contributed by atoms with Crippen LogP contribution in [-0.4, -0.2) is 70.0 Å². The number of aliphatic hydroxyl groups is 1. The normalized spacial score (nSPS) is 14.3. The molecular formula is C20H30N4O5. The maximum absolute atomic E-state index is 12.4. The van der Waals surface area contributed by atoms with E-state index in [4.69, 9.17) is 9.47 Å². The topological polar surface area (TPSA) is 97.1 Å². The number of imidazole rings is 1. The molecule has 1 aliphatic rings. The van der Waals surface area contributed by atoms with E-state index in [0.717, 1.165) is 0 Å². The lowest BCUT2D eigenvalue weighted by Gasteiger charge is -2.36. The summed E-state index contributed by atoms with van der Waals surface area (Å²) in [4.78, 5) is 32.8. The van der Waals surface area contributed by atoms with E-state index in [1.165, 1.54) is 0 Å². The molecule has 0 aliphatic carbocycles. The molecule has 9 nitrogen and oxygen atoms in total. The van der Waals surface area contributed by atoms with E-state index in [-0.39, 0.29) is 37.2 Å². The largest absolute Gasteiger partial charge is 0.461 e. The Bertz CT molecular complexity index is 792. The van der Waals surface area contributed by atoms with Gasteiger partial charge in [-0.2, -0.15) is 0 Å². The minimum absolute atomic E-state index is 0.210. The van der Waals surface area contributed by atoms with Gasteiger partial charge in [0.25, 0.3) is 0 Å². The number of amides is 1. The smallest absolute Gasteiger partial charge is 0.410 e. The first kappa shape index (κ1) is 22.6. The van der Waals surface area contributed by atoms with Crippen molar-refractivity contribution in [2.24, 2.45) is 0 Å². The van der Waals surface area contributed by atoms with E-state index < -0.39 is 11.6 Å². The Kier molecular flexibility index (Phi) is 7.51. The number of hydrogen-bond donors (Lipinski definition) is 1. The molecule has 0 spiro atoms. The molecule has 1 amide bonds. The van der Waals surface area contributed by atoms with Crippen molar-refractivity contribution >= 4 is 18.0 Å². The molecule has 160 valence electrons. The molecule has 2 rings (SSSR count). The van der Waals surface area contributed by atoms with Gasteiger partial charge in [0.15, 0.2) is 5.69 Å². The number of anilines is 1. The van der Waals surface area contributed by atoms with Gasteiger partial charge in [-0.15, -0.1) is 5.92 Å². The Morgan fingerprint density at radius 2 is 1.86 bits per heavy atom. The Morgan fingerprint density at radius 3 is 2.38 bits per heavy atom. The van der Waals surface area contributed by atoms with Crippen molar-refractivity contribution in [1.82, 2.24) is 14.5 Å². The number of aliphatic hydroxyl groups excluding tert-OH is 1. The highest BCUT2D eigenvalue weighted by Crippen LogP contribution is 2.23. The van der Waals surface area contributed by atoms with Crippen LogP contribution >= 0.6 is 0 Å². The number of ether oxygens (including phenoxy) is 2. The highest BCUT2D eigenvalue weighted by atomic mass is 16.6. The average molecular weight is 406 g/mol. The van der Waals surface area contributed by atoms with Crippen LogP contribution in [0, 0.1) is 11.8 Å². The Balaban J connectivity index is 2.24. The van der Waals surface area contributed by atoms with E-state index in [2.05, 4.69) is 16.8 Å². The van der Waals surface area contributed by atoms with E-state index in [1.807, 2.05) is 25.7 Å². The molecule has 2 heterocycles. The van der Waals surface area contributed by atoms with Crippen LogP contribution in [0.4, 0.5) is 10.7 Å². The molecule has 0 bridgehead atoms. The lowest BCUT2D eigenvalue weighted by atomic mass is 10.2. The summed E-state index contributed by atoms with van der Waals surface area (Å²) in [5, 5.41) is 9.71. The standard InChI is InChI=1S/C20H30N4O5/c1-6-8-9-24-16(17(26)28-7-2)15(14-25)21-18(24)22-10-12-23(13-11-22)19(27)29-20(3,4)5/h25H,7,9-14H2,1-5H3. The van der Waals surface area contributed by atoms with Crippen LogP contribution in [0.15, 0.2) is 0 Å².